The highest BCUT2D eigenvalue weighted by Crippen LogP contribution is 2.30. The van der Waals surface area contributed by atoms with Crippen molar-refractivity contribution in [2.75, 3.05) is 13.2 Å². The van der Waals surface area contributed by atoms with Gasteiger partial charge in [0.2, 0.25) is 5.82 Å². The third-order valence-corrected chi connectivity index (χ3v) is 4.42. The van der Waals surface area contributed by atoms with Crippen LogP contribution >= 0.6 is 11.3 Å². The van der Waals surface area contributed by atoms with Crippen molar-refractivity contribution in [2.45, 2.75) is 20.3 Å². The predicted molar refractivity (Wildman–Crippen MR) is 104 cm³/mol. The largest absolute Gasteiger partial charge is 0.490 e. The maximum atomic E-state index is 9.52. The van der Waals surface area contributed by atoms with Crippen LogP contribution in [0.1, 0.15) is 31.7 Å². The molecule has 3 aromatic rings. The van der Waals surface area contributed by atoms with Gasteiger partial charge in [0, 0.05) is 0 Å². The first-order chi connectivity index (χ1) is 13.2. The highest BCUT2D eigenvalue weighted by Gasteiger charge is 2.14. The van der Waals surface area contributed by atoms with Gasteiger partial charge in [-0.25, -0.2) is 0 Å². The van der Waals surface area contributed by atoms with Crippen LogP contribution in [0.3, 0.4) is 0 Å². The molecule has 0 saturated carbocycles. The Kier molecular flexibility index (Phi) is 6.23. The van der Waals surface area contributed by atoms with Gasteiger partial charge in [0.25, 0.3) is 5.89 Å². The van der Waals surface area contributed by atoms with Crippen molar-refractivity contribution in [1.29, 1.82) is 5.26 Å². The highest BCUT2D eigenvalue weighted by atomic mass is 32.1. The lowest BCUT2D eigenvalue weighted by atomic mass is 10.1. The van der Waals surface area contributed by atoms with Crippen LogP contribution in [0.4, 0.5) is 0 Å². The van der Waals surface area contributed by atoms with Crippen LogP contribution in [0, 0.1) is 11.3 Å². The normalized spacial score (nSPS) is 11.2. The fourth-order valence-corrected chi connectivity index (χ4v) is 3.01. The summed E-state index contributed by atoms with van der Waals surface area (Å²) in [5.74, 6) is 1.98. The fraction of sp³-hybridized carbons (Fsp3) is 0.250. The van der Waals surface area contributed by atoms with Crippen LogP contribution < -0.4 is 9.47 Å². The Morgan fingerprint density at radius 3 is 2.85 bits per heavy atom. The molecular formula is C20H19N3O3S. The van der Waals surface area contributed by atoms with Crippen molar-refractivity contribution in [3.05, 3.63) is 47.2 Å². The molecule has 0 atom stereocenters. The van der Waals surface area contributed by atoms with Gasteiger partial charge in [-0.1, -0.05) is 24.2 Å². The summed E-state index contributed by atoms with van der Waals surface area (Å²) in [6.45, 7) is 5.10. The van der Waals surface area contributed by atoms with Crippen LogP contribution in [0.15, 0.2) is 40.2 Å². The number of allylic oxidation sites excluding steroid dienone is 1. The number of hydrogen-bond acceptors (Lipinski definition) is 7. The Morgan fingerprint density at radius 1 is 1.26 bits per heavy atom. The third kappa shape index (κ3) is 4.54. The van der Waals surface area contributed by atoms with Gasteiger partial charge in [-0.05, 0) is 48.6 Å². The summed E-state index contributed by atoms with van der Waals surface area (Å²) in [4.78, 5) is 5.21. The smallest absolute Gasteiger partial charge is 0.268 e. The molecule has 0 aliphatic heterocycles. The lowest BCUT2D eigenvalue weighted by Gasteiger charge is -2.12. The summed E-state index contributed by atoms with van der Waals surface area (Å²) in [6, 6.07) is 11.5. The van der Waals surface area contributed by atoms with E-state index in [-0.39, 0.29) is 11.5 Å². The van der Waals surface area contributed by atoms with Crippen molar-refractivity contribution in [1.82, 2.24) is 10.1 Å². The van der Waals surface area contributed by atoms with Crippen LogP contribution in [-0.2, 0) is 0 Å². The summed E-state index contributed by atoms with van der Waals surface area (Å²) < 4.78 is 16.6. The molecule has 3 rings (SSSR count). The standard InChI is InChI=1S/C20H19N3O3S/c1-3-9-25-16-8-7-14(12-17(16)24-4-2)11-15(13-21)20-22-19(23-26-20)18-6-5-10-27-18/h5-8,10-12H,3-4,9H2,1-2H3/b15-11+. The SMILES string of the molecule is CCCOc1ccc(/C=C(\C#N)c2nc(-c3cccs3)no2)cc1OCC. The lowest BCUT2D eigenvalue weighted by molar-refractivity contribution is 0.277. The van der Waals surface area contributed by atoms with E-state index in [1.54, 1.807) is 6.08 Å². The summed E-state index contributed by atoms with van der Waals surface area (Å²) in [7, 11) is 0. The zero-order valence-electron chi connectivity index (χ0n) is 15.1. The minimum atomic E-state index is 0.185. The molecule has 0 aliphatic carbocycles. The number of rotatable bonds is 8. The van der Waals surface area contributed by atoms with Gasteiger partial charge < -0.3 is 14.0 Å². The van der Waals surface area contributed by atoms with E-state index < -0.39 is 0 Å². The molecule has 27 heavy (non-hydrogen) atoms. The first kappa shape index (κ1) is 18.7. The molecule has 0 radical (unpaired) electrons. The molecule has 0 saturated heterocycles. The molecule has 0 unspecified atom stereocenters. The van der Waals surface area contributed by atoms with Gasteiger partial charge in [-0.3, -0.25) is 0 Å². The van der Waals surface area contributed by atoms with Gasteiger partial charge in [0.1, 0.15) is 11.6 Å². The number of benzene rings is 1. The molecule has 138 valence electrons. The number of ether oxygens (including phenoxy) is 2. The monoisotopic (exact) mass is 381 g/mol. The van der Waals surface area contributed by atoms with Crippen LogP contribution in [0.25, 0.3) is 22.4 Å². The Balaban J connectivity index is 1.89. The molecule has 2 heterocycles. The van der Waals surface area contributed by atoms with E-state index in [9.17, 15) is 5.26 Å². The van der Waals surface area contributed by atoms with Crippen molar-refractivity contribution in [3.8, 4) is 28.3 Å². The van der Waals surface area contributed by atoms with E-state index >= 15 is 0 Å². The molecular weight excluding hydrogens is 362 g/mol. The second-order valence-corrected chi connectivity index (χ2v) is 6.51. The van der Waals surface area contributed by atoms with Gasteiger partial charge in [0.15, 0.2) is 11.5 Å². The van der Waals surface area contributed by atoms with E-state index in [0.29, 0.717) is 30.5 Å². The molecule has 0 bridgehead atoms. The summed E-state index contributed by atoms with van der Waals surface area (Å²) in [5, 5.41) is 15.4. The zero-order chi connectivity index (χ0) is 19.1. The van der Waals surface area contributed by atoms with Gasteiger partial charge >= 0.3 is 0 Å². The number of thiophene rings is 1. The van der Waals surface area contributed by atoms with E-state index in [0.717, 1.165) is 16.9 Å². The summed E-state index contributed by atoms with van der Waals surface area (Å²) in [6.07, 6.45) is 2.60. The van der Waals surface area contributed by atoms with Crippen molar-refractivity contribution < 1.29 is 14.0 Å². The molecule has 0 spiro atoms. The van der Waals surface area contributed by atoms with Crippen molar-refractivity contribution in [2.24, 2.45) is 0 Å². The molecule has 6 nitrogen and oxygen atoms in total. The van der Waals surface area contributed by atoms with Gasteiger partial charge in [-0.15, -0.1) is 11.3 Å². The Hall–Kier alpha value is -3.11. The molecule has 0 N–H and O–H groups in total. The Bertz CT molecular complexity index is 955. The quantitative estimate of drug-likeness (QED) is 0.508. The fourth-order valence-electron chi connectivity index (χ4n) is 2.36. The first-order valence-electron chi connectivity index (χ1n) is 8.64. The Morgan fingerprint density at radius 2 is 2.15 bits per heavy atom. The van der Waals surface area contributed by atoms with Crippen LogP contribution in [0.2, 0.25) is 0 Å². The van der Waals surface area contributed by atoms with E-state index in [1.807, 2.05) is 49.6 Å². The van der Waals surface area contributed by atoms with Gasteiger partial charge in [-0.2, -0.15) is 10.2 Å². The number of aromatic nitrogens is 2. The van der Waals surface area contributed by atoms with Gasteiger partial charge in [0.05, 0.1) is 18.1 Å². The van der Waals surface area contributed by atoms with Crippen LogP contribution in [0.5, 0.6) is 11.5 Å². The minimum absolute atomic E-state index is 0.185. The predicted octanol–water partition coefficient (Wildman–Crippen LogP) is 5.05. The molecule has 1 aromatic carbocycles. The summed E-state index contributed by atoms with van der Waals surface area (Å²) >= 11 is 1.51. The molecule has 0 fully saturated rings. The molecule has 0 amide bonds. The second-order valence-electron chi connectivity index (χ2n) is 5.56. The minimum Gasteiger partial charge on any atom is -0.490 e. The second kappa shape index (κ2) is 9.01. The number of hydrogen-bond donors (Lipinski definition) is 0. The van der Waals surface area contributed by atoms with E-state index in [2.05, 4.69) is 16.2 Å². The van der Waals surface area contributed by atoms with E-state index in [1.165, 1.54) is 11.3 Å². The Labute approximate surface area is 161 Å². The lowest BCUT2D eigenvalue weighted by Crippen LogP contribution is -2.00. The third-order valence-electron chi connectivity index (χ3n) is 3.56. The zero-order valence-corrected chi connectivity index (χ0v) is 16.0. The summed E-state index contributed by atoms with van der Waals surface area (Å²) in [5.41, 5.74) is 1.07. The molecule has 0 aliphatic rings. The van der Waals surface area contributed by atoms with Crippen molar-refractivity contribution >= 4 is 23.0 Å². The van der Waals surface area contributed by atoms with Crippen LogP contribution in [-0.4, -0.2) is 23.4 Å². The first-order valence-corrected chi connectivity index (χ1v) is 9.52. The average molecular weight is 381 g/mol. The number of nitriles is 1. The maximum Gasteiger partial charge on any atom is 0.268 e. The van der Waals surface area contributed by atoms with Crippen molar-refractivity contribution in [3.63, 3.8) is 0 Å². The van der Waals surface area contributed by atoms with E-state index in [4.69, 9.17) is 14.0 Å². The molecule has 7 heteroatoms. The average Bonchev–Trinajstić information content (AvgIpc) is 3.37. The maximum absolute atomic E-state index is 9.52. The molecule has 2 aromatic heterocycles. The number of nitrogens with zero attached hydrogens (tertiary/aromatic N) is 3. The highest BCUT2D eigenvalue weighted by molar-refractivity contribution is 7.13. The topological polar surface area (TPSA) is 81.2 Å².